The van der Waals surface area contributed by atoms with Crippen LogP contribution in [0.5, 0.6) is 0 Å². The van der Waals surface area contributed by atoms with E-state index >= 15 is 0 Å². The minimum absolute atomic E-state index is 0.197. The summed E-state index contributed by atoms with van der Waals surface area (Å²) in [7, 11) is 0. The first-order chi connectivity index (χ1) is 12.2. The molecule has 2 N–H and O–H groups in total. The summed E-state index contributed by atoms with van der Waals surface area (Å²) in [5, 5.41) is 6.96. The van der Waals surface area contributed by atoms with Crippen molar-refractivity contribution in [2.45, 2.75) is 26.3 Å². The maximum Gasteiger partial charge on any atom is 0.221 e. The van der Waals surface area contributed by atoms with E-state index in [-0.39, 0.29) is 11.8 Å². The quantitative estimate of drug-likeness (QED) is 0.787. The van der Waals surface area contributed by atoms with Crippen LogP contribution in [0.1, 0.15) is 31.9 Å². The number of nitrogens with one attached hydrogen (secondary N) is 2. The van der Waals surface area contributed by atoms with Gasteiger partial charge >= 0.3 is 0 Å². The van der Waals surface area contributed by atoms with Gasteiger partial charge in [-0.15, -0.1) is 0 Å². The largest absolute Gasteiger partial charge is 0.344 e. The molecule has 0 spiro atoms. The number of halogens is 2. The summed E-state index contributed by atoms with van der Waals surface area (Å²) < 4.78 is 0. The van der Waals surface area contributed by atoms with E-state index in [1.54, 1.807) is 36.4 Å². The first-order valence-electron chi connectivity index (χ1n) is 8.01. The van der Waals surface area contributed by atoms with Crippen LogP contribution in [0.4, 0.5) is 0 Å². The molecule has 0 bridgehead atoms. The lowest BCUT2D eigenvalue weighted by Crippen LogP contribution is -2.41. The molecular weight excluding hydrogens is 371 g/mol. The Kier molecular flexibility index (Phi) is 6.46. The van der Waals surface area contributed by atoms with E-state index in [0.29, 0.717) is 15.7 Å². The molecule has 0 radical (unpaired) electrons. The van der Waals surface area contributed by atoms with Crippen LogP contribution in [-0.4, -0.2) is 11.8 Å². The van der Waals surface area contributed by atoms with Gasteiger partial charge < -0.3 is 10.6 Å². The molecule has 26 heavy (non-hydrogen) atoms. The topological polar surface area (TPSA) is 58.2 Å². The maximum absolute atomic E-state index is 11.8. The number of amides is 2. The second-order valence-electron chi connectivity index (χ2n) is 6.14. The molecule has 0 heterocycles. The van der Waals surface area contributed by atoms with Crippen molar-refractivity contribution in [1.29, 1.82) is 0 Å². The highest BCUT2D eigenvalue weighted by Crippen LogP contribution is 2.28. The monoisotopic (exact) mass is 390 g/mol. The Hall–Kier alpha value is -2.30. The van der Waals surface area contributed by atoms with Crippen molar-refractivity contribution in [2.24, 2.45) is 0 Å². The van der Waals surface area contributed by atoms with E-state index in [9.17, 15) is 9.59 Å². The van der Waals surface area contributed by atoms with Crippen LogP contribution in [0.3, 0.4) is 0 Å². The molecule has 136 valence electrons. The van der Waals surface area contributed by atoms with Crippen molar-refractivity contribution in [3.63, 3.8) is 0 Å². The van der Waals surface area contributed by atoms with E-state index < -0.39 is 5.54 Å². The normalized spacial score (nSPS) is 13.7. The van der Waals surface area contributed by atoms with E-state index in [2.05, 4.69) is 10.6 Å². The van der Waals surface area contributed by atoms with Crippen LogP contribution in [0.2, 0.25) is 10.0 Å². The Bertz CT molecular complexity index is 830. The molecule has 2 aromatic rings. The zero-order valence-corrected chi connectivity index (χ0v) is 16.3. The SMILES string of the molecule is CC(=O)N/C(=C/C(C)(NC(C)=O)c1ccc(Cl)cc1)c1ccc(Cl)cc1. The summed E-state index contributed by atoms with van der Waals surface area (Å²) in [5.74, 6) is -0.413. The lowest BCUT2D eigenvalue weighted by molar-refractivity contribution is -0.120. The molecule has 6 heteroatoms. The van der Waals surface area contributed by atoms with Crippen molar-refractivity contribution in [3.05, 3.63) is 75.8 Å². The molecule has 2 rings (SSSR count). The Labute approximate surface area is 163 Å². The van der Waals surface area contributed by atoms with Gasteiger partial charge in [-0.2, -0.15) is 0 Å². The molecule has 0 aliphatic rings. The predicted octanol–water partition coefficient (Wildman–Crippen LogP) is 4.52. The van der Waals surface area contributed by atoms with Crippen LogP contribution >= 0.6 is 23.2 Å². The lowest BCUT2D eigenvalue weighted by atomic mass is 9.89. The minimum atomic E-state index is -0.853. The van der Waals surface area contributed by atoms with Crippen LogP contribution < -0.4 is 10.6 Å². The minimum Gasteiger partial charge on any atom is -0.344 e. The number of hydrogen-bond donors (Lipinski definition) is 2. The van der Waals surface area contributed by atoms with Gasteiger partial charge in [0, 0.05) is 29.6 Å². The molecule has 2 amide bonds. The molecule has 1 atom stereocenters. The average molecular weight is 391 g/mol. The van der Waals surface area contributed by atoms with E-state index in [4.69, 9.17) is 23.2 Å². The first kappa shape index (κ1) is 20.0. The second-order valence-corrected chi connectivity index (χ2v) is 7.01. The summed E-state index contributed by atoms with van der Waals surface area (Å²) in [6.07, 6.45) is 1.81. The van der Waals surface area contributed by atoms with E-state index in [1.807, 2.05) is 25.1 Å². The van der Waals surface area contributed by atoms with Gasteiger partial charge in [-0.1, -0.05) is 47.5 Å². The third-order valence-corrected chi connectivity index (χ3v) is 4.28. The zero-order valence-electron chi connectivity index (χ0n) is 14.8. The fourth-order valence-corrected chi connectivity index (χ4v) is 2.90. The second kappa shape index (κ2) is 8.39. The van der Waals surface area contributed by atoms with Crippen LogP contribution in [0.15, 0.2) is 54.6 Å². The summed E-state index contributed by atoms with van der Waals surface area (Å²) in [4.78, 5) is 23.5. The van der Waals surface area contributed by atoms with Gasteiger partial charge in [0.2, 0.25) is 11.8 Å². The van der Waals surface area contributed by atoms with Crippen molar-refractivity contribution in [1.82, 2.24) is 10.6 Å². The van der Waals surface area contributed by atoms with Gasteiger partial charge in [0.15, 0.2) is 0 Å². The summed E-state index contributed by atoms with van der Waals surface area (Å²) in [6.45, 7) is 4.74. The number of carbonyl (C=O) groups is 2. The summed E-state index contributed by atoms with van der Waals surface area (Å²) >= 11 is 11.9. The Morgan fingerprint density at radius 3 is 1.85 bits per heavy atom. The van der Waals surface area contributed by atoms with Crippen molar-refractivity contribution in [3.8, 4) is 0 Å². The van der Waals surface area contributed by atoms with Gasteiger partial charge in [0.1, 0.15) is 0 Å². The zero-order chi connectivity index (χ0) is 19.3. The van der Waals surface area contributed by atoms with Crippen molar-refractivity contribution in [2.75, 3.05) is 0 Å². The molecule has 2 aromatic carbocycles. The average Bonchev–Trinajstić information content (AvgIpc) is 2.54. The first-order valence-corrected chi connectivity index (χ1v) is 8.76. The molecule has 4 nitrogen and oxygen atoms in total. The third kappa shape index (κ3) is 5.35. The highest BCUT2D eigenvalue weighted by molar-refractivity contribution is 6.30. The standard InChI is InChI=1S/C20H20Cl2N2O2/c1-13(25)23-19(15-4-8-17(21)9-5-15)12-20(3,24-14(2)26)16-6-10-18(22)11-7-16/h4-12H,1-3H3,(H,23,25)(H,24,26)/b19-12+. The van der Waals surface area contributed by atoms with Crippen LogP contribution in [0, 0.1) is 0 Å². The molecule has 0 fully saturated rings. The molecule has 1 unspecified atom stereocenters. The molecule has 0 aromatic heterocycles. The third-order valence-electron chi connectivity index (χ3n) is 3.78. The molecule has 0 aliphatic heterocycles. The molecular formula is C20H20Cl2N2O2. The molecule has 0 saturated carbocycles. The van der Waals surface area contributed by atoms with Crippen LogP contribution in [-0.2, 0) is 15.1 Å². The fraction of sp³-hybridized carbons (Fsp3) is 0.200. The Morgan fingerprint density at radius 1 is 0.885 bits per heavy atom. The number of hydrogen-bond acceptors (Lipinski definition) is 2. The Balaban J connectivity index is 2.58. The highest BCUT2D eigenvalue weighted by Gasteiger charge is 2.26. The van der Waals surface area contributed by atoms with Crippen molar-refractivity contribution < 1.29 is 9.59 Å². The van der Waals surface area contributed by atoms with Gasteiger partial charge in [0.05, 0.1) is 5.54 Å². The van der Waals surface area contributed by atoms with Crippen LogP contribution in [0.25, 0.3) is 5.70 Å². The Morgan fingerprint density at radius 2 is 1.38 bits per heavy atom. The van der Waals surface area contributed by atoms with E-state index in [0.717, 1.165) is 11.1 Å². The predicted molar refractivity (Wildman–Crippen MR) is 106 cm³/mol. The van der Waals surface area contributed by atoms with Crippen molar-refractivity contribution >= 4 is 40.7 Å². The van der Waals surface area contributed by atoms with Gasteiger partial charge in [0.25, 0.3) is 0 Å². The maximum atomic E-state index is 11.8. The van der Waals surface area contributed by atoms with E-state index in [1.165, 1.54) is 13.8 Å². The fourth-order valence-electron chi connectivity index (χ4n) is 2.65. The summed E-state index contributed by atoms with van der Waals surface area (Å²) in [5.41, 5.74) is 1.32. The van der Waals surface area contributed by atoms with Gasteiger partial charge in [-0.3, -0.25) is 9.59 Å². The summed E-state index contributed by atoms with van der Waals surface area (Å²) in [6, 6.07) is 14.3. The lowest BCUT2D eigenvalue weighted by Gasteiger charge is -2.29. The number of benzene rings is 2. The smallest absolute Gasteiger partial charge is 0.221 e. The molecule has 0 aliphatic carbocycles. The molecule has 0 saturated heterocycles. The highest BCUT2D eigenvalue weighted by atomic mass is 35.5. The van der Waals surface area contributed by atoms with Gasteiger partial charge in [-0.05, 0) is 48.4 Å². The number of carbonyl (C=O) groups excluding carboxylic acids is 2. The van der Waals surface area contributed by atoms with Gasteiger partial charge in [-0.25, -0.2) is 0 Å². The number of rotatable bonds is 5.